The van der Waals surface area contributed by atoms with E-state index in [1.54, 1.807) is 24.3 Å². The summed E-state index contributed by atoms with van der Waals surface area (Å²) in [4.78, 5) is 16.4. The summed E-state index contributed by atoms with van der Waals surface area (Å²) in [5.41, 5.74) is 4.64. The number of halogens is 1. The van der Waals surface area contributed by atoms with Crippen molar-refractivity contribution in [2.75, 3.05) is 0 Å². The zero-order valence-corrected chi connectivity index (χ0v) is 14.6. The van der Waals surface area contributed by atoms with Crippen LogP contribution in [0, 0.1) is 12.7 Å². The van der Waals surface area contributed by atoms with E-state index in [0.29, 0.717) is 11.5 Å². The van der Waals surface area contributed by atoms with E-state index < -0.39 is 0 Å². The SMILES string of the molecule is Cc1[nH]c2c(c(=O)c1-c1ccc(Oc3cccc(F)c3)cc1)CCCC2. The number of aromatic amines is 1. The standard InChI is InChI=1S/C22H20FNO2/c1-14-21(22(25)19-7-2-3-8-20(19)24-14)15-9-11-17(12-10-15)26-18-6-4-5-16(23)13-18/h4-6,9-13H,2-3,7-8H2,1H3,(H,24,25). The molecule has 0 fully saturated rings. The van der Waals surface area contributed by atoms with Gasteiger partial charge in [-0.25, -0.2) is 4.39 Å². The predicted molar refractivity (Wildman–Crippen MR) is 100 cm³/mol. The van der Waals surface area contributed by atoms with Crippen LogP contribution in [-0.2, 0) is 12.8 Å². The number of fused-ring (bicyclic) bond motifs is 1. The van der Waals surface area contributed by atoms with Gasteiger partial charge >= 0.3 is 0 Å². The molecule has 3 aromatic rings. The van der Waals surface area contributed by atoms with Crippen LogP contribution in [0.2, 0.25) is 0 Å². The molecule has 0 amide bonds. The van der Waals surface area contributed by atoms with Crippen molar-refractivity contribution in [1.29, 1.82) is 0 Å². The molecule has 26 heavy (non-hydrogen) atoms. The summed E-state index contributed by atoms with van der Waals surface area (Å²) in [7, 11) is 0. The number of nitrogens with one attached hydrogen (secondary N) is 1. The fourth-order valence-corrected chi connectivity index (χ4v) is 3.61. The van der Waals surface area contributed by atoms with E-state index in [0.717, 1.165) is 53.8 Å². The molecule has 1 aliphatic rings. The van der Waals surface area contributed by atoms with Gasteiger partial charge in [-0.3, -0.25) is 4.79 Å². The van der Waals surface area contributed by atoms with Crippen LogP contribution in [0.15, 0.2) is 53.3 Å². The van der Waals surface area contributed by atoms with Crippen molar-refractivity contribution in [1.82, 2.24) is 4.98 Å². The van der Waals surface area contributed by atoms with Gasteiger partial charge in [0.25, 0.3) is 0 Å². The van der Waals surface area contributed by atoms with Crippen molar-refractivity contribution in [2.45, 2.75) is 32.6 Å². The number of aromatic nitrogens is 1. The van der Waals surface area contributed by atoms with Crippen LogP contribution < -0.4 is 10.2 Å². The molecule has 0 spiro atoms. The number of hydrogen-bond donors (Lipinski definition) is 1. The van der Waals surface area contributed by atoms with Gasteiger partial charge in [-0.2, -0.15) is 0 Å². The van der Waals surface area contributed by atoms with Crippen molar-refractivity contribution in [3.8, 4) is 22.6 Å². The quantitative estimate of drug-likeness (QED) is 0.709. The van der Waals surface area contributed by atoms with Crippen LogP contribution in [0.3, 0.4) is 0 Å². The maximum atomic E-state index is 13.3. The number of ether oxygens (including phenoxy) is 1. The average molecular weight is 349 g/mol. The third-order valence-electron chi connectivity index (χ3n) is 4.86. The lowest BCUT2D eigenvalue weighted by molar-refractivity contribution is 0.477. The molecule has 0 unspecified atom stereocenters. The fourth-order valence-electron chi connectivity index (χ4n) is 3.61. The molecule has 3 nitrogen and oxygen atoms in total. The molecule has 1 N–H and O–H groups in total. The van der Waals surface area contributed by atoms with Gasteiger partial charge in [0.15, 0.2) is 5.43 Å². The summed E-state index contributed by atoms with van der Waals surface area (Å²) in [5.74, 6) is 0.710. The highest BCUT2D eigenvalue weighted by Crippen LogP contribution is 2.27. The normalized spacial score (nSPS) is 13.3. The molecule has 1 heterocycles. The molecule has 0 saturated heterocycles. The van der Waals surface area contributed by atoms with E-state index in [2.05, 4.69) is 4.98 Å². The molecule has 0 atom stereocenters. The maximum Gasteiger partial charge on any atom is 0.193 e. The Hall–Kier alpha value is -2.88. The number of pyridine rings is 1. The van der Waals surface area contributed by atoms with Gasteiger partial charge in [0, 0.05) is 28.6 Å². The van der Waals surface area contributed by atoms with Crippen molar-refractivity contribution >= 4 is 0 Å². The Balaban J connectivity index is 1.66. The highest BCUT2D eigenvalue weighted by atomic mass is 19.1. The first kappa shape index (κ1) is 16.6. The second kappa shape index (κ2) is 6.79. The fraction of sp³-hybridized carbons (Fsp3) is 0.227. The van der Waals surface area contributed by atoms with Gasteiger partial charge in [0.05, 0.1) is 0 Å². The van der Waals surface area contributed by atoms with Crippen molar-refractivity contribution in [3.05, 3.63) is 81.5 Å². The lowest BCUT2D eigenvalue weighted by Crippen LogP contribution is -2.21. The van der Waals surface area contributed by atoms with Gasteiger partial charge in [-0.15, -0.1) is 0 Å². The maximum absolute atomic E-state index is 13.3. The first-order valence-corrected chi connectivity index (χ1v) is 8.90. The monoisotopic (exact) mass is 349 g/mol. The lowest BCUT2D eigenvalue weighted by Gasteiger charge is -2.18. The minimum absolute atomic E-state index is 0.134. The molecular formula is C22H20FNO2. The van der Waals surface area contributed by atoms with E-state index in [4.69, 9.17) is 4.74 Å². The molecule has 2 aromatic carbocycles. The van der Waals surface area contributed by atoms with E-state index in [-0.39, 0.29) is 11.2 Å². The molecule has 4 heteroatoms. The molecule has 0 saturated carbocycles. The molecule has 1 aromatic heterocycles. The number of benzene rings is 2. The minimum atomic E-state index is -0.338. The summed E-state index contributed by atoms with van der Waals surface area (Å²) >= 11 is 0. The number of rotatable bonds is 3. The van der Waals surface area contributed by atoms with Crippen LogP contribution >= 0.6 is 0 Å². The molecule has 0 bridgehead atoms. The first-order valence-electron chi connectivity index (χ1n) is 8.90. The first-order chi connectivity index (χ1) is 12.6. The summed E-state index contributed by atoms with van der Waals surface area (Å²) in [6.07, 6.45) is 4.00. The van der Waals surface area contributed by atoms with E-state index >= 15 is 0 Å². The molecule has 132 valence electrons. The topological polar surface area (TPSA) is 42.1 Å². The van der Waals surface area contributed by atoms with Crippen molar-refractivity contribution in [2.24, 2.45) is 0 Å². The van der Waals surface area contributed by atoms with E-state index in [9.17, 15) is 9.18 Å². The molecular weight excluding hydrogens is 329 g/mol. The van der Waals surface area contributed by atoms with Gasteiger partial charge in [-0.05, 0) is 62.4 Å². The Labute approximate surface area is 151 Å². The second-order valence-corrected chi connectivity index (χ2v) is 6.70. The number of aryl methyl sites for hydroxylation is 2. The molecule has 4 rings (SSSR count). The largest absolute Gasteiger partial charge is 0.457 e. The van der Waals surface area contributed by atoms with Crippen LogP contribution in [0.1, 0.15) is 29.8 Å². The Kier molecular flexibility index (Phi) is 4.33. The van der Waals surface area contributed by atoms with Crippen LogP contribution in [0.5, 0.6) is 11.5 Å². The molecule has 0 aliphatic heterocycles. The third-order valence-corrected chi connectivity index (χ3v) is 4.86. The molecule has 1 aliphatic carbocycles. The van der Waals surface area contributed by atoms with E-state index in [1.807, 2.05) is 19.1 Å². The average Bonchev–Trinajstić information content (AvgIpc) is 2.63. The smallest absolute Gasteiger partial charge is 0.193 e. The highest BCUT2D eigenvalue weighted by Gasteiger charge is 2.18. The lowest BCUT2D eigenvalue weighted by atomic mass is 9.91. The Morgan fingerprint density at radius 1 is 1.00 bits per heavy atom. The highest BCUT2D eigenvalue weighted by molar-refractivity contribution is 5.67. The summed E-state index contributed by atoms with van der Waals surface area (Å²) in [6, 6.07) is 13.4. The van der Waals surface area contributed by atoms with Crippen molar-refractivity contribution in [3.63, 3.8) is 0 Å². The summed E-state index contributed by atoms with van der Waals surface area (Å²) in [5, 5.41) is 0. The Bertz CT molecular complexity index is 1010. The van der Waals surface area contributed by atoms with Crippen LogP contribution in [0.4, 0.5) is 4.39 Å². The van der Waals surface area contributed by atoms with Gasteiger partial charge in [0.1, 0.15) is 17.3 Å². The number of H-pyrrole nitrogens is 1. The summed E-state index contributed by atoms with van der Waals surface area (Å²) in [6.45, 7) is 1.95. The second-order valence-electron chi connectivity index (χ2n) is 6.70. The van der Waals surface area contributed by atoms with Crippen molar-refractivity contribution < 1.29 is 9.13 Å². The Morgan fingerprint density at radius 3 is 2.54 bits per heavy atom. The predicted octanol–water partition coefficient (Wildman–Crippen LogP) is 5.16. The van der Waals surface area contributed by atoms with E-state index in [1.165, 1.54) is 12.1 Å². The van der Waals surface area contributed by atoms with Gasteiger partial charge in [-0.1, -0.05) is 18.2 Å². The van der Waals surface area contributed by atoms with Gasteiger partial charge in [0.2, 0.25) is 0 Å². The number of hydrogen-bond acceptors (Lipinski definition) is 2. The van der Waals surface area contributed by atoms with Gasteiger partial charge < -0.3 is 9.72 Å². The molecule has 0 radical (unpaired) electrons. The van der Waals surface area contributed by atoms with Crippen LogP contribution in [0.25, 0.3) is 11.1 Å². The zero-order chi connectivity index (χ0) is 18.1. The summed E-state index contributed by atoms with van der Waals surface area (Å²) < 4.78 is 18.9. The minimum Gasteiger partial charge on any atom is -0.457 e. The third kappa shape index (κ3) is 3.15. The van der Waals surface area contributed by atoms with Crippen LogP contribution in [-0.4, -0.2) is 4.98 Å². The zero-order valence-electron chi connectivity index (χ0n) is 14.6. The Morgan fingerprint density at radius 2 is 1.77 bits per heavy atom.